The molecule has 1 aliphatic rings. The van der Waals surface area contributed by atoms with Crippen molar-refractivity contribution in [2.45, 2.75) is 38.3 Å². The monoisotopic (exact) mass is 302 g/mol. The summed E-state index contributed by atoms with van der Waals surface area (Å²) in [5.41, 5.74) is 0.712. The smallest absolute Gasteiger partial charge is 0.240 e. The molecule has 2 rings (SSSR count). The minimum atomic E-state index is -0.355. The van der Waals surface area contributed by atoms with Gasteiger partial charge >= 0.3 is 0 Å². The molecule has 0 spiro atoms. The molecule has 3 nitrogen and oxygen atoms in total. The Kier molecular flexibility index (Phi) is 6.11. The highest BCUT2D eigenvalue weighted by molar-refractivity contribution is 6.30. The summed E-state index contributed by atoms with van der Waals surface area (Å²) >= 11 is 5.83. The molecule has 1 fully saturated rings. The van der Waals surface area contributed by atoms with Crippen LogP contribution in [0.25, 0.3) is 0 Å². The summed E-state index contributed by atoms with van der Waals surface area (Å²) in [5, 5.41) is 7.05. The van der Waals surface area contributed by atoms with Crippen molar-refractivity contribution in [3.05, 3.63) is 34.9 Å². The molecular formula is C14H20Cl2N2O. The Hall–Kier alpha value is -0.770. The molecule has 1 unspecified atom stereocenters. The lowest BCUT2D eigenvalue weighted by molar-refractivity contribution is -0.127. The van der Waals surface area contributed by atoms with Crippen molar-refractivity contribution in [2.75, 3.05) is 6.54 Å². The molecule has 1 heterocycles. The summed E-state index contributed by atoms with van der Waals surface area (Å²) < 4.78 is 0. The first-order chi connectivity index (χ1) is 8.66. The first-order valence-corrected chi connectivity index (χ1v) is 6.82. The van der Waals surface area contributed by atoms with Gasteiger partial charge in [0.25, 0.3) is 0 Å². The fraction of sp³-hybridized carbons (Fsp3) is 0.500. The van der Waals surface area contributed by atoms with Crippen molar-refractivity contribution in [3.8, 4) is 0 Å². The average Bonchev–Trinajstić information content (AvgIpc) is 2.88. The van der Waals surface area contributed by atoms with Gasteiger partial charge in [0.05, 0.1) is 5.54 Å². The van der Waals surface area contributed by atoms with Crippen LogP contribution in [-0.4, -0.2) is 18.0 Å². The van der Waals surface area contributed by atoms with E-state index in [1.54, 1.807) is 0 Å². The standard InChI is InChI=1S/C14H19ClN2O.ClH/c1-2-14(8-3-9-17-14)13(18)16-10-11-4-6-12(15)7-5-11;/h4-7,17H,2-3,8-10H2,1H3,(H,16,18);1H. The van der Waals surface area contributed by atoms with E-state index >= 15 is 0 Å². The Labute approximate surface area is 125 Å². The van der Waals surface area contributed by atoms with Crippen molar-refractivity contribution in [1.29, 1.82) is 0 Å². The van der Waals surface area contributed by atoms with E-state index in [-0.39, 0.29) is 23.9 Å². The molecule has 1 saturated heterocycles. The normalized spacial score (nSPS) is 21.8. The highest BCUT2D eigenvalue weighted by Crippen LogP contribution is 2.23. The highest BCUT2D eigenvalue weighted by Gasteiger charge is 2.38. The number of hydrogen-bond acceptors (Lipinski definition) is 2. The second kappa shape index (κ2) is 7.13. The maximum atomic E-state index is 12.2. The molecule has 0 aromatic heterocycles. The summed E-state index contributed by atoms with van der Waals surface area (Å²) in [5.74, 6) is 0.109. The molecule has 1 atom stereocenters. The van der Waals surface area contributed by atoms with Crippen molar-refractivity contribution in [2.24, 2.45) is 0 Å². The minimum absolute atomic E-state index is 0. The molecule has 106 valence electrons. The van der Waals surface area contributed by atoms with Crippen LogP contribution in [0.4, 0.5) is 0 Å². The molecule has 5 heteroatoms. The van der Waals surface area contributed by atoms with Crippen molar-refractivity contribution in [3.63, 3.8) is 0 Å². The van der Waals surface area contributed by atoms with Crippen LogP contribution in [0.1, 0.15) is 31.7 Å². The quantitative estimate of drug-likeness (QED) is 0.898. The van der Waals surface area contributed by atoms with Crippen LogP contribution in [0, 0.1) is 0 Å². The van der Waals surface area contributed by atoms with Gasteiger partial charge < -0.3 is 10.6 Å². The fourth-order valence-corrected chi connectivity index (χ4v) is 2.54. The van der Waals surface area contributed by atoms with Gasteiger partial charge in [0.15, 0.2) is 0 Å². The summed E-state index contributed by atoms with van der Waals surface area (Å²) in [7, 11) is 0. The second-order valence-electron chi connectivity index (χ2n) is 4.78. The van der Waals surface area contributed by atoms with Crippen LogP contribution in [0.15, 0.2) is 24.3 Å². The zero-order valence-electron chi connectivity index (χ0n) is 11.0. The Morgan fingerprint density at radius 2 is 2.11 bits per heavy atom. The van der Waals surface area contributed by atoms with Crippen LogP contribution >= 0.6 is 24.0 Å². The lowest BCUT2D eigenvalue weighted by Gasteiger charge is -2.26. The van der Waals surface area contributed by atoms with Gasteiger partial charge in [-0.2, -0.15) is 0 Å². The van der Waals surface area contributed by atoms with Gasteiger partial charge in [-0.15, -0.1) is 12.4 Å². The van der Waals surface area contributed by atoms with Crippen LogP contribution in [0.5, 0.6) is 0 Å². The van der Waals surface area contributed by atoms with E-state index < -0.39 is 0 Å². The van der Waals surface area contributed by atoms with Crippen molar-refractivity contribution < 1.29 is 4.79 Å². The molecule has 0 aliphatic carbocycles. The average molecular weight is 303 g/mol. The van der Waals surface area contributed by atoms with E-state index in [4.69, 9.17) is 11.6 Å². The van der Waals surface area contributed by atoms with Gasteiger partial charge in [0.1, 0.15) is 0 Å². The molecule has 1 aromatic carbocycles. The number of halogens is 2. The zero-order chi connectivity index (χ0) is 13.0. The maximum absolute atomic E-state index is 12.2. The molecule has 1 aliphatic heterocycles. The topological polar surface area (TPSA) is 41.1 Å². The Morgan fingerprint density at radius 3 is 2.63 bits per heavy atom. The second-order valence-corrected chi connectivity index (χ2v) is 5.21. The first-order valence-electron chi connectivity index (χ1n) is 6.44. The van der Waals surface area contributed by atoms with E-state index in [0.29, 0.717) is 11.6 Å². The molecule has 1 amide bonds. The third-order valence-corrected chi connectivity index (χ3v) is 3.90. The minimum Gasteiger partial charge on any atom is -0.350 e. The summed E-state index contributed by atoms with van der Waals surface area (Å²) in [6, 6.07) is 7.55. The number of rotatable bonds is 4. The van der Waals surface area contributed by atoms with E-state index in [1.165, 1.54) is 0 Å². The fourth-order valence-electron chi connectivity index (χ4n) is 2.42. The van der Waals surface area contributed by atoms with E-state index in [0.717, 1.165) is 31.4 Å². The molecule has 2 N–H and O–H groups in total. The molecule has 1 aromatic rings. The number of amides is 1. The van der Waals surface area contributed by atoms with Gasteiger partial charge in [0, 0.05) is 11.6 Å². The number of carbonyl (C=O) groups is 1. The van der Waals surface area contributed by atoms with Gasteiger partial charge in [-0.05, 0) is 43.5 Å². The highest BCUT2D eigenvalue weighted by atomic mass is 35.5. The van der Waals surface area contributed by atoms with Crippen LogP contribution < -0.4 is 10.6 Å². The van der Waals surface area contributed by atoms with Gasteiger partial charge in [0.2, 0.25) is 5.91 Å². The predicted molar refractivity (Wildman–Crippen MR) is 80.8 cm³/mol. The van der Waals surface area contributed by atoms with Gasteiger partial charge in [-0.25, -0.2) is 0 Å². The van der Waals surface area contributed by atoms with E-state index in [2.05, 4.69) is 17.6 Å². The Bertz CT molecular complexity index is 414. The largest absolute Gasteiger partial charge is 0.350 e. The summed E-state index contributed by atoms with van der Waals surface area (Å²) in [4.78, 5) is 12.2. The van der Waals surface area contributed by atoms with E-state index in [9.17, 15) is 4.79 Å². The predicted octanol–water partition coefficient (Wildman–Crippen LogP) is 2.91. The Balaban J connectivity index is 0.00000180. The van der Waals surface area contributed by atoms with Crippen LogP contribution in [0.3, 0.4) is 0 Å². The lowest BCUT2D eigenvalue weighted by atomic mass is 9.93. The maximum Gasteiger partial charge on any atom is 0.240 e. The van der Waals surface area contributed by atoms with Crippen molar-refractivity contribution >= 4 is 29.9 Å². The molecule has 0 saturated carbocycles. The van der Waals surface area contributed by atoms with Gasteiger partial charge in [-0.1, -0.05) is 30.7 Å². The number of nitrogens with one attached hydrogen (secondary N) is 2. The number of benzene rings is 1. The molecule has 19 heavy (non-hydrogen) atoms. The molecule has 0 radical (unpaired) electrons. The third-order valence-electron chi connectivity index (χ3n) is 3.65. The van der Waals surface area contributed by atoms with Crippen molar-refractivity contribution in [1.82, 2.24) is 10.6 Å². The number of carbonyl (C=O) groups excluding carboxylic acids is 1. The van der Waals surface area contributed by atoms with Gasteiger partial charge in [-0.3, -0.25) is 4.79 Å². The molecular weight excluding hydrogens is 283 g/mol. The first kappa shape index (κ1) is 16.3. The Morgan fingerprint density at radius 1 is 1.42 bits per heavy atom. The SMILES string of the molecule is CCC1(C(=O)NCc2ccc(Cl)cc2)CCCN1.Cl. The molecule has 0 bridgehead atoms. The third kappa shape index (κ3) is 3.85. The zero-order valence-corrected chi connectivity index (χ0v) is 12.6. The summed E-state index contributed by atoms with van der Waals surface area (Å²) in [6.45, 7) is 3.54. The van der Waals surface area contributed by atoms with E-state index in [1.807, 2.05) is 24.3 Å². The number of hydrogen-bond donors (Lipinski definition) is 2. The summed E-state index contributed by atoms with van der Waals surface area (Å²) in [6.07, 6.45) is 2.83. The van der Waals surface area contributed by atoms with Crippen LogP contribution in [0.2, 0.25) is 5.02 Å². The van der Waals surface area contributed by atoms with Crippen LogP contribution in [-0.2, 0) is 11.3 Å². The lowest BCUT2D eigenvalue weighted by Crippen LogP contribution is -2.52.